The average Bonchev–Trinajstić information content (AvgIpc) is 2.98. The molecule has 0 N–H and O–H groups in total. The summed E-state index contributed by atoms with van der Waals surface area (Å²) >= 11 is -6.13. The van der Waals surface area contributed by atoms with E-state index in [0.29, 0.717) is 0 Å². The van der Waals surface area contributed by atoms with Gasteiger partial charge in [0.1, 0.15) is 0 Å². The summed E-state index contributed by atoms with van der Waals surface area (Å²) in [5.74, 6) is 0. The zero-order valence-corrected chi connectivity index (χ0v) is 25.7. The fraction of sp³-hybridized carbons (Fsp3) is 0.400. The van der Waals surface area contributed by atoms with Crippen molar-refractivity contribution in [2.24, 2.45) is 7.47 Å². The molecular formula is C30H38F2N4O2W. The maximum atomic E-state index is 11.1. The number of aromatic nitrogens is 2. The maximum absolute atomic E-state index is 11.1. The van der Waals surface area contributed by atoms with Gasteiger partial charge >= 0.3 is 41.2 Å². The fourth-order valence-corrected chi connectivity index (χ4v) is 4.41. The first kappa shape index (κ1) is 32.2. The Morgan fingerprint density at radius 1 is 0.641 bits per heavy atom. The van der Waals surface area contributed by atoms with Gasteiger partial charge in [-0.3, -0.25) is 9.97 Å². The molecule has 0 saturated heterocycles. The number of benzene rings is 2. The summed E-state index contributed by atoms with van der Waals surface area (Å²) < 4.78 is 24.8. The number of unbranched alkanes of at least 4 members (excludes halogenated alkanes) is 6. The second-order valence-corrected chi connectivity index (χ2v) is 13.3. The molecule has 0 aliphatic heterocycles. The van der Waals surface area contributed by atoms with Crippen molar-refractivity contribution in [3.63, 3.8) is 0 Å². The van der Waals surface area contributed by atoms with Crippen molar-refractivity contribution in [2.45, 2.75) is 78.1 Å². The van der Waals surface area contributed by atoms with Crippen LogP contribution in [0.1, 0.15) is 76.3 Å². The second kappa shape index (κ2) is 18.3. The summed E-state index contributed by atoms with van der Waals surface area (Å²) in [5, 5.41) is 5.26. The van der Waals surface area contributed by atoms with Gasteiger partial charge in [-0.1, -0.05) is 88.8 Å². The standard InChI is InChI=1S/2C15H19N.2FH.2NO.W/c2*1-2-3-4-5-7-13-8-6-9-14-12-16-11-10-15(13)14;;;2*1-2;/h2*6,8-12H,2-5,7H2,1H3;2*1H;;;/q;;;;2*-1;+4/p-2. The predicted octanol–water partition coefficient (Wildman–Crippen LogP) is 9.99. The number of fused-ring (bicyclic) bond motifs is 2. The topological polar surface area (TPSA) is 84.6 Å². The van der Waals surface area contributed by atoms with E-state index in [9.17, 15) is 6.32 Å². The van der Waals surface area contributed by atoms with Crippen LogP contribution in [0, 0.1) is 9.81 Å². The number of nitrogens with zero attached hydrogens (tertiary/aromatic N) is 4. The number of hydrogen-bond acceptors (Lipinski definition) is 6. The first-order valence-corrected chi connectivity index (χ1v) is 18.3. The number of pyridine rings is 2. The van der Waals surface area contributed by atoms with Crippen molar-refractivity contribution in [3.05, 3.63) is 94.3 Å². The number of halogens is 2. The van der Waals surface area contributed by atoms with Gasteiger partial charge in [0, 0.05) is 35.6 Å². The summed E-state index contributed by atoms with van der Waals surface area (Å²) in [5.41, 5.74) is 2.94. The van der Waals surface area contributed by atoms with Gasteiger partial charge in [-0.15, -0.1) is 0 Å². The zero-order chi connectivity index (χ0) is 28.3. The fourth-order valence-electron chi connectivity index (χ4n) is 4.31. The Labute approximate surface area is 234 Å². The summed E-state index contributed by atoms with van der Waals surface area (Å²) in [4.78, 5) is 26.0. The first-order valence-electron chi connectivity index (χ1n) is 13.5. The van der Waals surface area contributed by atoms with E-state index in [-0.39, 0.29) is 0 Å². The Morgan fingerprint density at radius 3 is 1.44 bits per heavy atom. The molecule has 0 saturated carbocycles. The molecule has 39 heavy (non-hydrogen) atoms. The summed E-state index contributed by atoms with van der Waals surface area (Å²) in [7, 11) is 0. The van der Waals surface area contributed by atoms with Crippen LogP contribution in [0.15, 0.2) is 80.8 Å². The molecule has 2 aromatic heterocycles. The van der Waals surface area contributed by atoms with E-state index in [1.165, 1.54) is 104 Å². The van der Waals surface area contributed by atoms with Crippen molar-refractivity contribution in [1.29, 1.82) is 0 Å². The van der Waals surface area contributed by atoms with Gasteiger partial charge in [0.05, 0.1) is 0 Å². The zero-order valence-electron chi connectivity index (χ0n) is 22.8. The second-order valence-electron chi connectivity index (χ2n) is 9.21. The molecule has 6 nitrogen and oxygen atoms in total. The molecule has 0 aliphatic rings. The molecule has 9 heteroatoms. The number of nitroso groups, excluding NO2 is 2. The Kier molecular flexibility index (Phi) is 15.1. The summed E-state index contributed by atoms with van der Waals surface area (Å²) in [6.07, 6.45) is 20.7. The first-order chi connectivity index (χ1) is 19.0. The molecule has 0 amide bonds. The minimum absolute atomic E-state index is 1.20. The summed E-state index contributed by atoms with van der Waals surface area (Å²) in [6, 6.07) is 17.3. The third kappa shape index (κ3) is 11.7. The van der Waals surface area contributed by atoms with Crippen LogP contribution < -0.4 is 0 Å². The van der Waals surface area contributed by atoms with Crippen LogP contribution >= 0.6 is 0 Å². The third-order valence-corrected chi connectivity index (χ3v) is 7.61. The molecule has 0 unspecified atom stereocenters. The number of rotatable bonds is 12. The van der Waals surface area contributed by atoms with Gasteiger partial charge in [0.15, 0.2) is 0 Å². The van der Waals surface area contributed by atoms with E-state index in [2.05, 4.69) is 72.3 Å². The van der Waals surface area contributed by atoms with Crippen molar-refractivity contribution < 1.29 is 23.9 Å². The molecule has 0 radical (unpaired) electrons. The van der Waals surface area contributed by atoms with Crippen LogP contribution in [-0.2, 0) is 30.5 Å². The molecule has 4 aromatic rings. The van der Waals surface area contributed by atoms with E-state index in [1.54, 1.807) is 0 Å². The quantitative estimate of drug-likeness (QED) is 0.108. The Balaban J connectivity index is 0.000000222. The van der Waals surface area contributed by atoms with Crippen molar-refractivity contribution in [2.75, 3.05) is 0 Å². The van der Waals surface area contributed by atoms with Gasteiger partial charge in [-0.25, -0.2) is 0 Å². The molecule has 0 spiro atoms. The van der Waals surface area contributed by atoms with Crippen molar-refractivity contribution in [3.8, 4) is 0 Å². The monoisotopic (exact) mass is 708 g/mol. The molecule has 0 aliphatic carbocycles. The van der Waals surface area contributed by atoms with Crippen LogP contribution in [0.4, 0.5) is 6.32 Å². The van der Waals surface area contributed by atoms with Crippen LogP contribution in [0.5, 0.6) is 0 Å². The van der Waals surface area contributed by atoms with Gasteiger partial charge in [-0.2, -0.15) is 0 Å². The van der Waals surface area contributed by atoms with E-state index in [4.69, 9.17) is 9.81 Å². The van der Waals surface area contributed by atoms with Crippen molar-refractivity contribution >= 4 is 21.5 Å². The van der Waals surface area contributed by atoms with Crippen LogP contribution in [0.25, 0.3) is 21.5 Å². The van der Waals surface area contributed by atoms with Gasteiger partial charge in [0.25, 0.3) is 0 Å². The molecule has 2 aromatic carbocycles. The van der Waals surface area contributed by atoms with E-state index in [1.807, 2.05) is 24.8 Å². The van der Waals surface area contributed by atoms with Gasteiger partial charge < -0.3 is 0 Å². The summed E-state index contributed by atoms with van der Waals surface area (Å²) in [6.45, 7) is 4.51. The number of hydrogen-bond donors (Lipinski definition) is 0. The molecular weight excluding hydrogens is 670 g/mol. The van der Waals surface area contributed by atoms with E-state index >= 15 is 0 Å². The van der Waals surface area contributed by atoms with E-state index < -0.39 is 17.6 Å². The molecule has 4 rings (SSSR count). The normalized spacial score (nSPS) is 11.2. The third-order valence-electron chi connectivity index (χ3n) is 6.32. The SMILES string of the molecule is CCCCCCc1cccc2cnccc12.CCCCCCc1cccc2cnccc12.O=[N][W]([F])([F])[N]=O. The van der Waals surface area contributed by atoms with Gasteiger partial charge in [0.2, 0.25) is 0 Å². The Hall–Kier alpha value is -2.99. The Bertz CT molecular complexity index is 1180. The number of aryl methyl sites for hydroxylation is 2. The van der Waals surface area contributed by atoms with Crippen LogP contribution in [0.3, 0.4) is 0 Å². The molecule has 0 bridgehead atoms. The van der Waals surface area contributed by atoms with Crippen molar-refractivity contribution in [1.82, 2.24) is 9.97 Å². The molecule has 210 valence electrons. The molecule has 0 fully saturated rings. The van der Waals surface area contributed by atoms with E-state index in [0.717, 1.165) is 0 Å². The minimum atomic E-state index is -6.13. The predicted molar refractivity (Wildman–Crippen MR) is 153 cm³/mol. The molecule has 0 atom stereocenters. The van der Waals surface area contributed by atoms with Crippen LogP contribution in [0.2, 0.25) is 0 Å². The van der Waals surface area contributed by atoms with Crippen LogP contribution in [-0.4, -0.2) is 9.97 Å². The average molecular weight is 708 g/mol. The van der Waals surface area contributed by atoms with Gasteiger partial charge in [-0.05, 0) is 59.7 Å². The Morgan fingerprint density at radius 2 is 1.08 bits per heavy atom. The molecule has 2 heterocycles.